The van der Waals surface area contributed by atoms with Gasteiger partial charge in [0.25, 0.3) is 0 Å². The van der Waals surface area contributed by atoms with Crippen LogP contribution < -0.4 is 5.32 Å². The molecule has 1 aliphatic heterocycles. The molecule has 0 aliphatic carbocycles. The van der Waals surface area contributed by atoms with E-state index in [1.165, 1.54) is 4.88 Å². The molecular formula is C15H22ClN5S2. The third-order valence-electron chi connectivity index (χ3n) is 3.94. The second-order valence-corrected chi connectivity index (χ2v) is 7.41. The van der Waals surface area contributed by atoms with Crippen molar-refractivity contribution in [2.75, 3.05) is 13.1 Å². The zero-order chi connectivity index (χ0) is 15.4. The van der Waals surface area contributed by atoms with Crippen LogP contribution in [0.3, 0.4) is 0 Å². The van der Waals surface area contributed by atoms with Gasteiger partial charge in [0, 0.05) is 23.1 Å². The van der Waals surface area contributed by atoms with E-state index in [1.807, 2.05) is 11.6 Å². The van der Waals surface area contributed by atoms with Gasteiger partial charge in [-0.25, -0.2) is 4.98 Å². The number of aromatic nitrogens is 4. The number of rotatable bonds is 6. The minimum atomic E-state index is 0. The number of thiazole rings is 1. The molecule has 8 heteroatoms. The van der Waals surface area contributed by atoms with Gasteiger partial charge in [-0.2, -0.15) is 0 Å². The van der Waals surface area contributed by atoms with E-state index in [4.69, 9.17) is 0 Å². The van der Waals surface area contributed by atoms with Gasteiger partial charge < -0.3 is 9.88 Å². The summed E-state index contributed by atoms with van der Waals surface area (Å²) < 4.78 is 2.22. The van der Waals surface area contributed by atoms with Gasteiger partial charge in [-0.15, -0.1) is 40.5 Å². The van der Waals surface area contributed by atoms with Gasteiger partial charge in [0.1, 0.15) is 5.82 Å². The number of piperidine rings is 1. The molecule has 0 unspecified atom stereocenters. The Morgan fingerprint density at radius 1 is 1.43 bits per heavy atom. The summed E-state index contributed by atoms with van der Waals surface area (Å²) in [6.45, 7) is 8.88. The van der Waals surface area contributed by atoms with Crippen LogP contribution in [0, 0.1) is 6.92 Å². The number of hydrogen-bond acceptors (Lipinski definition) is 6. The quantitative estimate of drug-likeness (QED) is 0.623. The molecule has 126 valence electrons. The van der Waals surface area contributed by atoms with Crippen molar-refractivity contribution >= 4 is 35.5 Å². The molecule has 1 saturated heterocycles. The van der Waals surface area contributed by atoms with Gasteiger partial charge in [-0.05, 0) is 32.9 Å². The van der Waals surface area contributed by atoms with E-state index in [2.05, 4.69) is 38.6 Å². The zero-order valence-electron chi connectivity index (χ0n) is 13.2. The van der Waals surface area contributed by atoms with Crippen LogP contribution in [0.25, 0.3) is 0 Å². The van der Waals surface area contributed by atoms with Crippen LogP contribution in [-0.4, -0.2) is 32.8 Å². The number of nitrogens with zero attached hydrogens (tertiary/aromatic N) is 4. The van der Waals surface area contributed by atoms with E-state index in [1.54, 1.807) is 23.1 Å². The highest BCUT2D eigenvalue weighted by Gasteiger charge is 2.23. The molecule has 0 saturated carbocycles. The zero-order valence-corrected chi connectivity index (χ0v) is 15.6. The Morgan fingerprint density at radius 2 is 2.22 bits per heavy atom. The van der Waals surface area contributed by atoms with Gasteiger partial charge in [0.05, 0.1) is 11.2 Å². The molecule has 5 nitrogen and oxygen atoms in total. The fraction of sp³-hybridized carbons (Fsp3) is 0.533. The van der Waals surface area contributed by atoms with Crippen molar-refractivity contribution in [1.29, 1.82) is 0 Å². The summed E-state index contributed by atoms with van der Waals surface area (Å²) >= 11 is 3.41. The molecule has 3 heterocycles. The maximum absolute atomic E-state index is 4.48. The maximum atomic E-state index is 4.48. The summed E-state index contributed by atoms with van der Waals surface area (Å²) in [4.78, 5) is 5.69. The lowest BCUT2D eigenvalue weighted by atomic mass is 9.97. The highest BCUT2D eigenvalue weighted by molar-refractivity contribution is 7.98. The smallest absolute Gasteiger partial charge is 0.191 e. The Bertz CT molecular complexity index is 634. The Labute approximate surface area is 151 Å². The standard InChI is InChI=1S/C15H21N5S2.ClH/c1-3-8-20-14(12-4-6-16-7-5-12)18-19-15(20)21-9-13-11(2)22-10-17-13;/h3,10,12,16H,1,4-9H2,2H3;1H. The Morgan fingerprint density at radius 3 is 2.87 bits per heavy atom. The van der Waals surface area contributed by atoms with Crippen molar-refractivity contribution in [3.05, 3.63) is 34.6 Å². The van der Waals surface area contributed by atoms with Crippen molar-refractivity contribution in [1.82, 2.24) is 25.1 Å². The van der Waals surface area contributed by atoms with Crippen molar-refractivity contribution in [2.45, 2.75) is 43.1 Å². The van der Waals surface area contributed by atoms with Gasteiger partial charge in [0.2, 0.25) is 0 Å². The molecule has 0 atom stereocenters. The van der Waals surface area contributed by atoms with Crippen LogP contribution in [0.15, 0.2) is 23.3 Å². The van der Waals surface area contributed by atoms with Crippen LogP contribution in [0.1, 0.15) is 35.2 Å². The molecule has 2 aromatic rings. The summed E-state index contributed by atoms with van der Waals surface area (Å²) in [6.07, 6.45) is 4.18. The first kappa shape index (κ1) is 18.4. The second kappa shape index (κ2) is 8.82. The van der Waals surface area contributed by atoms with Crippen LogP contribution in [-0.2, 0) is 12.3 Å². The number of aryl methyl sites for hydroxylation is 1. The molecule has 1 fully saturated rings. The summed E-state index contributed by atoms with van der Waals surface area (Å²) in [5.74, 6) is 2.46. The fourth-order valence-electron chi connectivity index (χ4n) is 2.69. The Balaban J connectivity index is 0.00000192. The largest absolute Gasteiger partial charge is 0.317 e. The van der Waals surface area contributed by atoms with Crippen LogP contribution in [0.4, 0.5) is 0 Å². The molecule has 23 heavy (non-hydrogen) atoms. The van der Waals surface area contributed by atoms with Crippen molar-refractivity contribution < 1.29 is 0 Å². The van der Waals surface area contributed by atoms with Gasteiger partial charge in [0.15, 0.2) is 5.16 Å². The predicted molar refractivity (Wildman–Crippen MR) is 98.7 cm³/mol. The van der Waals surface area contributed by atoms with E-state index < -0.39 is 0 Å². The van der Waals surface area contributed by atoms with Crippen molar-refractivity contribution in [3.63, 3.8) is 0 Å². The fourth-order valence-corrected chi connectivity index (χ4v) is 4.36. The first-order chi connectivity index (χ1) is 10.8. The molecule has 3 rings (SSSR count). The monoisotopic (exact) mass is 371 g/mol. The molecule has 1 N–H and O–H groups in total. The molecule has 1 aliphatic rings. The summed E-state index contributed by atoms with van der Waals surface area (Å²) in [5.41, 5.74) is 3.05. The highest BCUT2D eigenvalue weighted by atomic mass is 35.5. The number of thioether (sulfide) groups is 1. The number of halogens is 1. The first-order valence-corrected chi connectivity index (χ1v) is 9.42. The van der Waals surface area contributed by atoms with Crippen LogP contribution in [0.5, 0.6) is 0 Å². The Hall–Kier alpha value is -0.890. The van der Waals surface area contributed by atoms with Gasteiger partial charge >= 0.3 is 0 Å². The molecule has 0 amide bonds. The van der Waals surface area contributed by atoms with Crippen molar-refractivity contribution in [2.24, 2.45) is 0 Å². The third-order valence-corrected chi connectivity index (χ3v) is 5.72. The topological polar surface area (TPSA) is 55.6 Å². The molecule has 0 spiro atoms. The summed E-state index contributed by atoms with van der Waals surface area (Å²) in [6, 6.07) is 0. The number of hydrogen-bond donors (Lipinski definition) is 1. The minimum Gasteiger partial charge on any atom is -0.317 e. The summed E-state index contributed by atoms with van der Waals surface area (Å²) in [5, 5.41) is 13.3. The average molecular weight is 372 g/mol. The minimum absolute atomic E-state index is 0. The van der Waals surface area contributed by atoms with Crippen LogP contribution >= 0.6 is 35.5 Å². The van der Waals surface area contributed by atoms with E-state index in [9.17, 15) is 0 Å². The lowest BCUT2D eigenvalue weighted by Gasteiger charge is -2.22. The van der Waals surface area contributed by atoms with Gasteiger partial charge in [-0.3, -0.25) is 0 Å². The lowest BCUT2D eigenvalue weighted by Crippen LogP contribution is -2.28. The first-order valence-electron chi connectivity index (χ1n) is 7.56. The second-order valence-electron chi connectivity index (χ2n) is 5.41. The molecule has 0 aromatic carbocycles. The van der Waals surface area contributed by atoms with E-state index in [0.717, 1.165) is 54.9 Å². The maximum Gasteiger partial charge on any atom is 0.191 e. The van der Waals surface area contributed by atoms with E-state index in [-0.39, 0.29) is 12.4 Å². The molecule has 2 aromatic heterocycles. The normalized spacial score (nSPS) is 15.3. The average Bonchev–Trinajstić information content (AvgIpc) is 3.13. The highest BCUT2D eigenvalue weighted by Crippen LogP contribution is 2.29. The summed E-state index contributed by atoms with van der Waals surface area (Å²) in [7, 11) is 0. The van der Waals surface area contributed by atoms with E-state index >= 15 is 0 Å². The van der Waals surface area contributed by atoms with Crippen LogP contribution in [0.2, 0.25) is 0 Å². The van der Waals surface area contributed by atoms with Gasteiger partial charge in [-0.1, -0.05) is 17.8 Å². The van der Waals surface area contributed by atoms with Crippen molar-refractivity contribution in [3.8, 4) is 0 Å². The number of allylic oxidation sites excluding steroid dienone is 1. The molecule has 0 bridgehead atoms. The predicted octanol–water partition coefficient (Wildman–Crippen LogP) is 3.41. The SMILES string of the molecule is C=CCn1c(SCc2ncsc2C)nnc1C1CCNCC1.Cl. The molecule has 0 radical (unpaired) electrons. The third kappa shape index (κ3) is 4.35. The number of nitrogens with one attached hydrogen (secondary N) is 1. The van der Waals surface area contributed by atoms with E-state index in [0.29, 0.717) is 5.92 Å². The Kier molecular flexibility index (Phi) is 7.08. The lowest BCUT2D eigenvalue weighted by molar-refractivity contribution is 0.431. The molecular weight excluding hydrogens is 350 g/mol.